The van der Waals surface area contributed by atoms with Gasteiger partial charge in [-0.3, -0.25) is 19.4 Å². The molecule has 1 saturated heterocycles. The van der Waals surface area contributed by atoms with Crippen molar-refractivity contribution in [1.29, 1.82) is 5.26 Å². The van der Waals surface area contributed by atoms with Gasteiger partial charge in [0, 0.05) is 36.8 Å². The standard InChI is InChI=1S/C27H32FN5O3/c1-14(34)31-23(26(2,3)4)25(36)33-13-18-21(27(18,5)6)22(33)24(35)32-20(10-29)17-12-30-11-16-15(17)8-7-9-19(16)28/h7-9,11-12,18,20-23H,13H2,1-6H3,(H,31,34)(H,32,35)/t18-,20?,21-,22-,23?/m0/s1. The fourth-order valence-corrected chi connectivity index (χ4v) is 5.65. The predicted molar refractivity (Wildman–Crippen MR) is 132 cm³/mol. The fraction of sp³-hybridized carbons (Fsp3) is 0.519. The van der Waals surface area contributed by atoms with Crippen molar-refractivity contribution in [2.45, 2.75) is 59.7 Å². The molecule has 1 aliphatic heterocycles. The summed E-state index contributed by atoms with van der Waals surface area (Å²) in [6.45, 7) is 11.5. The van der Waals surface area contributed by atoms with Gasteiger partial charge in [0.1, 0.15) is 23.9 Å². The lowest BCUT2D eigenvalue weighted by atomic mass is 9.85. The van der Waals surface area contributed by atoms with Crippen LogP contribution in [0.4, 0.5) is 4.39 Å². The molecule has 8 nitrogen and oxygen atoms in total. The van der Waals surface area contributed by atoms with Gasteiger partial charge >= 0.3 is 0 Å². The van der Waals surface area contributed by atoms with Gasteiger partial charge in [-0.25, -0.2) is 4.39 Å². The normalized spacial score (nSPS) is 23.8. The lowest BCUT2D eigenvalue weighted by Crippen LogP contribution is -2.59. The zero-order chi connectivity index (χ0) is 26.6. The van der Waals surface area contributed by atoms with Crippen molar-refractivity contribution in [3.8, 4) is 6.07 Å². The van der Waals surface area contributed by atoms with Gasteiger partial charge in [0.05, 0.1) is 6.07 Å². The second kappa shape index (κ2) is 8.84. The van der Waals surface area contributed by atoms with Crippen LogP contribution in [0.25, 0.3) is 10.8 Å². The Bertz CT molecular complexity index is 1280. The van der Waals surface area contributed by atoms with Gasteiger partial charge in [0.25, 0.3) is 0 Å². The highest BCUT2D eigenvalue weighted by Gasteiger charge is 2.69. The number of aromatic nitrogens is 1. The number of halogens is 1. The van der Waals surface area contributed by atoms with Gasteiger partial charge in [-0.1, -0.05) is 46.8 Å². The Balaban J connectivity index is 1.65. The maximum Gasteiger partial charge on any atom is 0.246 e. The third kappa shape index (κ3) is 4.29. The van der Waals surface area contributed by atoms with Crippen molar-refractivity contribution in [1.82, 2.24) is 20.5 Å². The topological polar surface area (TPSA) is 115 Å². The number of benzene rings is 1. The number of likely N-dealkylation sites (tertiary alicyclic amines) is 1. The van der Waals surface area contributed by atoms with E-state index < -0.39 is 35.3 Å². The summed E-state index contributed by atoms with van der Waals surface area (Å²) in [5.74, 6) is -1.48. The molecule has 2 unspecified atom stereocenters. The Morgan fingerprint density at radius 1 is 1.19 bits per heavy atom. The number of piperidine rings is 1. The van der Waals surface area contributed by atoms with Crippen molar-refractivity contribution in [2.75, 3.05) is 6.54 Å². The molecule has 9 heteroatoms. The molecule has 190 valence electrons. The van der Waals surface area contributed by atoms with Crippen LogP contribution in [0.15, 0.2) is 30.6 Å². The summed E-state index contributed by atoms with van der Waals surface area (Å²) in [5, 5.41) is 16.2. The molecule has 5 atom stereocenters. The van der Waals surface area contributed by atoms with Gasteiger partial charge in [-0.05, 0) is 34.1 Å². The van der Waals surface area contributed by atoms with Gasteiger partial charge < -0.3 is 15.5 Å². The Labute approximate surface area is 210 Å². The largest absolute Gasteiger partial charge is 0.344 e. The zero-order valence-corrected chi connectivity index (χ0v) is 21.4. The quantitative estimate of drug-likeness (QED) is 0.664. The van der Waals surface area contributed by atoms with Gasteiger partial charge in [-0.2, -0.15) is 5.26 Å². The number of rotatable bonds is 5. The molecule has 1 aromatic heterocycles. The number of nitrogens with one attached hydrogen (secondary N) is 2. The Hall–Kier alpha value is -3.54. The van der Waals surface area contributed by atoms with Crippen LogP contribution in [0.2, 0.25) is 0 Å². The minimum absolute atomic E-state index is 0.0678. The number of fused-ring (bicyclic) bond motifs is 2. The van der Waals surface area contributed by atoms with E-state index in [1.165, 1.54) is 25.4 Å². The lowest BCUT2D eigenvalue weighted by molar-refractivity contribution is -0.145. The van der Waals surface area contributed by atoms with Crippen LogP contribution >= 0.6 is 0 Å². The second-order valence-corrected chi connectivity index (χ2v) is 11.5. The van der Waals surface area contributed by atoms with Crippen LogP contribution in [0.5, 0.6) is 0 Å². The van der Waals surface area contributed by atoms with Crippen LogP contribution < -0.4 is 10.6 Å². The third-order valence-electron chi connectivity index (χ3n) is 7.73. The van der Waals surface area contributed by atoms with Crippen molar-refractivity contribution in [3.63, 3.8) is 0 Å². The maximum absolute atomic E-state index is 14.3. The van der Waals surface area contributed by atoms with E-state index in [0.29, 0.717) is 17.5 Å². The molecule has 2 fully saturated rings. The smallest absolute Gasteiger partial charge is 0.246 e. The molecule has 0 bridgehead atoms. The molecule has 0 radical (unpaired) electrons. The molecule has 0 spiro atoms. The number of hydrogen-bond acceptors (Lipinski definition) is 5. The highest BCUT2D eigenvalue weighted by molar-refractivity contribution is 5.94. The van der Waals surface area contributed by atoms with Crippen molar-refractivity contribution >= 4 is 28.5 Å². The minimum atomic E-state index is -1.08. The third-order valence-corrected chi connectivity index (χ3v) is 7.73. The molecular weight excluding hydrogens is 461 g/mol. The lowest BCUT2D eigenvalue weighted by Gasteiger charge is -2.37. The molecule has 2 N–H and O–H groups in total. The number of hydrogen-bond donors (Lipinski definition) is 2. The fourth-order valence-electron chi connectivity index (χ4n) is 5.65. The summed E-state index contributed by atoms with van der Waals surface area (Å²) in [6.07, 6.45) is 2.83. The molecular formula is C27H32FN5O3. The number of amides is 3. The van der Waals surface area contributed by atoms with Crippen LogP contribution in [0.3, 0.4) is 0 Å². The van der Waals surface area contributed by atoms with E-state index in [2.05, 4.69) is 35.5 Å². The van der Waals surface area contributed by atoms with E-state index >= 15 is 0 Å². The molecule has 1 saturated carbocycles. The van der Waals surface area contributed by atoms with Crippen LogP contribution in [-0.2, 0) is 14.4 Å². The Morgan fingerprint density at radius 2 is 1.89 bits per heavy atom. The van der Waals surface area contributed by atoms with E-state index in [1.807, 2.05) is 20.8 Å². The van der Waals surface area contributed by atoms with E-state index in [1.54, 1.807) is 17.0 Å². The van der Waals surface area contributed by atoms with Gasteiger partial charge in [0.15, 0.2) is 0 Å². The van der Waals surface area contributed by atoms with Crippen molar-refractivity contribution in [3.05, 3.63) is 42.0 Å². The molecule has 2 aliphatic rings. The number of nitriles is 1. The average Bonchev–Trinajstić information content (AvgIpc) is 3.13. The highest BCUT2D eigenvalue weighted by atomic mass is 19.1. The molecule has 1 aliphatic carbocycles. The number of pyridine rings is 1. The SMILES string of the molecule is CC(=O)NC(C(=O)N1C[C@H]2[C@@H]([C@H]1C(=O)NC(C#N)c1cncc3c(F)cccc13)C2(C)C)C(C)(C)C. The number of carbonyl (C=O) groups excluding carboxylic acids is 3. The van der Waals surface area contributed by atoms with Crippen LogP contribution in [0.1, 0.15) is 53.1 Å². The van der Waals surface area contributed by atoms with Crippen LogP contribution in [-0.4, -0.2) is 46.2 Å². The summed E-state index contributed by atoms with van der Waals surface area (Å²) in [4.78, 5) is 44.8. The summed E-state index contributed by atoms with van der Waals surface area (Å²) in [6, 6.07) is 3.96. The summed E-state index contributed by atoms with van der Waals surface area (Å²) in [5.41, 5.74) is -0.313. The first-order valence-corrected chi connectivity index (χ1v) is 12.1. The first kappa shape index (κ1) is 25.5. The second-order valence-electron chi connectivity index (χ2n) is 11.5. The molecule has 2 heterocycles. The van der Waals surface area contributed by atoms with Gasteiger partial charge in [0.2, 0.25) is 17.7 Å². The van der Waals surface area contributed by atoms with Gasteiger partial charge in [-0.15, -0.1) is 0 Å². The number of nitrogens with zero attached hydrogens (tertiary/aromatic N) is 3. The highest BCUT2D eigenvalue weighted by Crippen LogP contribution is 2.65. The summed E-state index contributed by atoms with van der Waals surface area (Å²) < 4.78 is 14.3. The maximum atomic E-state index is 14.3. The number of carbonyl (C=O) groups is 3. The monoisotopic (exact) mass is 493 g/mol. The molecule has 3 amide bonds. The Morgan fingerprint density at radius 3 is 2.50 bits per heavy atom. The minimum Gasteiger partial charge on any atom is -0.344 e. The van der Waals surface area contributed by atoms with E-state index in [-0.39, 0.29) is 34.5 Å². The Kier molecular flexibility index (Phi) is 6.27. The first-order valence-electron chi connectivity index (χ1n) is 12.1. The molecule has 2 aromatic rings. The predicted octanol–water partition coefficient (Wildman–Crippen LogP) is 3.09. The molecule has 1 aromatic carbocycles. The zero-order valence-electron chi connectivity index (χ0n) is 21.4. The summed E-state index contributed by atoms with van der Waals surface area (Å²) in [7, 11) is 0. The van der Waals surface area contributed by atoms with Crippen molar-refractivity contribution < 1.29 is 18.8 Å². The van der Waals surface area contributed by atoms with E-state index in [9.17, 15) is 24.0 Å². The van der Waals surface area contributed by atoms with E-state index in [0.717, 1.165) is 0 Å². The van der Waals surface area contributed by atoms with E-state index in [4.69, 9.17) is 0 Å². The average molecular weight is 494 g/mol. The summed E-state index contributed by atoms with van der Waals surface area (Å²) >= 11 is 0. The van der Waals surface area contributed by atoms with Crippen LogP contribution in [0, 0.1) is 39.8 Å². The van der Waals surface area contributed by atoms with Crippen molar-refractivity contribution in [2.24, 2.45) is 22.7 Å². The first-order chi connectivity index (χ1) is 16.8. The molecule has 4 rings (SSSR count). The molecule has 36 heavy (non-hydrogen) atoms.